The molecule has 0 saturated carbocycles. The van der Waals surface area contributed by atoms with Crippen molar-refractivity contribution in [3.05, 3.63) is 48.2 Å². The second-order valence-corrected chi connectivity index (χ2v) is 7.81. The molecule has 1 aliphatic rings. The van der Waals surface area contributed by atoms with Crippen LogP contribution >= 0.6 is 0 Å². The lowest BCUT2D eigenvalue weighted by molar-refractivity contribution is -0.129. The molecule has 7 heteroatoms. The van der Waals surface area contributed by atoms with Crippen molar-refractivity contribution in [3.63, 3.8) is 0 Å². The molecule has 1 aromatic heterocycles. The molecule has 0 bridgehead atoms. The fourth-order valence-electron chi connectivity index (χ4n) is 3.93. The number of para-hydroxylation sites is 1. The Morgan fingerprint density at radius 1 is 1.17 bits per heavy atom. The molecule has 0 aliphatic carbocycles. The maximum absolute atomic E-state index is 13.5. The van der Waals surface area contributed by atoms with E-state index in [-0.39, 0.29) is 23.9 Å². The summed E-state index contributed by atoms with van der Waals surface area (Å²) in [7, 11) is 1.53. The van der Waals surface area contributed by atoms with E-state index in [0.29, 0.717) is 24.7 Å². The molecule has 1 aromatic carbocycles. The molecule has 0 radical (unpaired) electrons. The summed E-state index contributed by atoms with van der Waals surface area (Å²) in [4.78, 5) is 33.1. The number of anilines is 2. The molecule has 3 amide bonds. The fraction of sp³-hybridized carbons (Fsp3) is 0.435. The van der Waals surface area contributed by atoms with Gasteiger partial charge in [0.05, 0.1) is 7.11 Å². The zero-order chi connectivity index (χ0) is 21.7. The maximum atomic E-state index is 13.5. The predicted octanol–water partition coefficient (Wildman–Crippen LogP) is 4.26. The molecular formula is C23H30N4O3. The second kappa shape index (κ2) is 9.61. The van der Waals surface area contributed by atoms with Crippen LogP contribution in [-0.2, 0) is 4.79 Å². The number of rotatable bonds is 5. The molecular weight excluding hydrogens is 380 g/mol. The van der Waals surface area contributed by atoms with Gasteiger partial charge in [-0.2, -0.15) is 0 Å². The Bertz CT molecular complexity index is 892. The third-order valence-electron chi connectivity index (χ3n) is 5.52. The number of nitrogens with zero attached hydrogens (tertiary/aromatic N) is 3. The number of urea groups is 1. The molecule has 0 unspecified atom stereocenters. The summed E-state index contributed by atoms with van der Waals surface area (Å²) < 4.78 is 5.29. The van der Waals surface area contributed by atoms with E-state index in [4.69, 9.17) is 4.74 Å². The van der Waals surface area contributed by atoms with Gasteiger partial charge in [-0.15, -0.1) is 0 Å². The van der Waals surface area contributed by atoms with Gasteiger partial charge in [0.25, 0.3) is 0 Å². The number of pyridine rings is 1. The van der Waals surface area contributed by atoms with Crippen LogP contribution in [0.15, 0.2) is 42.6 Å². The Balaban J connectivity index is 1.94. The summed E-state index contributed by atoms with van der Waals surface area (Å²) in [6.07, 6.45) is 3.07. The van der Waals surface area contributed by atoms with Crippen LogP contribution in [0.25, 0.3) is 0 Å². The van der Waals surface area contributed by atoms with E-state index >= 15 is 0 Å². The van der Waals surface area contributed by atoms with Gasteiger partial charge in [0.2, 0.25) is 11.8 Å². The highest BCUT2D eigenvalue weighted by Crippen LogP contribution is 2.32. The minimum Gasteiger partial charge on any atom is -0.480 e. The van der Waals surface area contributed by atoms with Crippen molar-refractivity contribution in [3.8, 4) is 5.88 Å². The number of likely N-dealkylation sites (tertiary alicyclic amines) is 1. The first-order valence-electron chi connectivity index (χ1n) is 10.4. The van der Waals surface area contributed by atoms with Crippen molar-refractivity contribution in [2.45, 2.75) is 45.6 Å². The summed E-state index contributed by atoms with van der Waals surface area (Å²) in [6.45, 7) is 7.12. The fourth-order valence-corrected chi connectivity index (χ4v) is 3.93. The Kier molecular flexibility index (Phi) is 6.92. The van der Waals surface area contributed by atoms with Gasteiger partial charge in [-0.3, -0.25) is 9.69 Å². The van der Waals surface area contributed by atoms with Crippen LogP contribution in [0.5, 0.6) is 5.88 Å². The summed E-state index contributed by atoms with van der Waals surface area (Å²) in [6, 6.07) is 11.3. The third-order valence-corrected chi connectivity index (χ3v) is 5.52. The smallest absolute Gasteiger partial charge is 0.326 e. The molecule has 2 aromatic rings. The second-order valence-electron chi connectivity index (χ2n) is 7.81. The van der Waals surface area contributed by atoms with E-state index in [1.165, 1.54) is 7.11 Å². The van der Waals surface area contributed by atoms with Crippen molar-refractivity contribution >= 4 is 23.3 Å². The van der Waals surface area contributed by atoms with Gasteiger partial charge in [0.1, 0.15) is 5.69 Å². The SMILES string of the molecule is COc1ncccc1NC(=O)N(c1ccccc1C(C)C)C1CCN(C(C)=O)CC1. The molecule has 1 N–H and O–H groups in total. The average Bonchev–Trinajstić information content (AvgIpc) is 2.75. The molecule has 1 saturated heterocycles. The van der Waals surface area contributed by atoms with E-state index in [0.717, 1.165) is 24.1 Å². The van der Waals surface area contributed by atoms with Crippen LogP contribution in [-0.4, -0.2) is 48.1 Å². The average molecular weight is 411 g/mol. The zero-order valence-electron chi connectivity index (χ0n) is 18.1. The molecule has 0 spiro atoms. The number of nitrogens with one attached hydrogen (secondary N) is 1. The molecule has 0 atom stereocenters. The largest absolute Gasteiger partial charge is 0.480 e. The van der Waals surface area contributed by atoms with Crippen LogP contribution in [0, 0.1) is 0 Å². The lowest BCUT2D eigenvalue weighted by Crippen LogP contribution is -2.50. The highest BCUT2D eigenvalue weighted by Gasteiger charge is 2.32. The molecule has 160 valence electrons. The van der Waals surface area contributed by atoms with E-state index in [2.05, 4.69) is 30.2 Å². The molecule has 30 heavy (non-hydrogen) atoms. The van der Waals surface area contributed by atoms with Crippen molar-refractivity contribution in [2.75, 3.05) is 30.4 Å². The van der Waals surface area contributed by atoms with E-state index in [1.807, 2.05) is 28.0 Å². The van der Waals surface area contributed by atoms with Gasteiger partial charge in [0, 0.05) is 37.9 Å². The highest BCUT2D eigenvalue weighted by atomic mass is 16.5. The number of methoxy groups -OCH3 is 1. The summed E-state index contributed by atoms with van der Waals surface area (Å²) in [5.41, 5.74) is 2.53. The van der Waals surface area contributed by atoms with Gasteiger partial charge >= 0.3 is 6.03 Å². The quantitative estimate of drug-likeness (QED) is 0.799. The van der Waals surface area contributed by atoms with Crippen molar-refractivity contribution in [1.82, 2.24) is 9.88 Å². The van der Waals surface area contributed by atoms with Gasteiger partial charge in [-0.25, -0.2) is 9.78 Å². The number of benzene rings is 1. The van der Waals surface area contributed by atoms with Crippen LogP contribution in [0.4, 0.5) is 16.2 Å². The first kappa shape index (κ1) is 21.6. The summed E-state index contributed by atoms with van der Waals surface area (Å²) in [5.74, 6) is 0.711. The topological polar surface area (TPSA) is 74.8 Å². The Labute approximate surface area is 178 Å². The minimum absolute atomic E-state index is 0.0110. The first-order valence-corrected chi connectivity index (χ1v) is 10.4. The number of carbonyl (C=O) groups excluding carboxylic acids is 2. The third kappa shape index (κ3) is 4.72. The number of amides is 3. The van der Waals surface area contributed by atoms with Gasteiger partial charge < -0.3 is 15.0 Å². The van der Waals surface area contributed by atoms with Crippen molar-refractivity contribution < 1.29 is 14.3 Å². The van der Waals surface area contributed by atoms with Crippen LogP contribution in [0.1, 0.15) is 45.1 Å². The zero-order valence-corrected chi connectivity index (χ0v) is 18.1. The lowest BCUT2D eigenvalue weighted by atomic mass is 9.97. The number of hydrogen-bond donors (Lipinski definition) is 1. The molecule has 3 rings (SSSR count). The summed E-state index contributed by atoms with van der Waals surface area (Å²) >= 11 is 0. The first-order chi connectivity index (χ1) is 14.4. The van der Waals surface area contributed by atoms with Crippen LogP contribution in [0.2, 0.25) is 0 Å². The Morgan fingerprint density at radius 2 is 1.87 bits per heavy atom. The van der Waals surface area contributed by atoms with Gasteiger partial charge in [-0.05, 0) is 42.5 Å². The predicted molar refractivity (Wildman–Crippen MR) is 118 cm³/mol. The van der Waals surface area contributed by atoms with Crippen LogP contribution in [0.3, 0.4) is 0 Å². The summed E-state index contributed by atoms with van der Waals surface area (Å²) in [5, 5.41) is 2.98. The molecule has 1 fully saturated rings. The normalized spacial score (nSPS) is 14.5. The molecule has 7 nitrogen and oxygen atoms in total. The number of aromatic nitrogens is 1. The van der Waals surface area contributed by atoms with Crippen molar-refractivity contribution in [2.24, 2.45) is 0 Å². The number of piperidine rings is 1. The number of ether oxygens (including phenoxy) is 1. The molecule has 2 heterocycles. The monoisotopic (exact) mass is 410 g/mol. The van der Waals surface area contributed by atoms with Crippen molar-refractivity contribution in [1.29, 1.82) is 0 Å². The highest BCUT2D eigenvalue weighted by molar-refractivity contribution is 6.03. The van der Waals surface area contributed by atoms with E-state index in [1.54, 1.807) is 25.3 Å². The Hall–Kier alpha value is -3.09. The lowest BCUT2D eigenvalue weighted by Gasteiger charge is -2.39. The number of hydrogen-bond acceptors (Lipinski definition) is 4. The maximum Gasteiger partial charge on any atom is 0.326 e. The standard InChI is InChI=1S/C23H30N4O3/c1-16(2)19-8-5-6-10-21(19)27(18-11-14-26(15-12-18)17(3)28)23(29)25-20-9-7-13-24-22(20)30-4/h5-10,13,16,18H,11-12,14-15H2,1-4H3,(H,25,29). The number of carbonyl (C=O) groups is 2. The van der Waals surface area contributed by atoms with Gasteiger partial charge in [0.15, 0.2) is 0 Å². The molecule has 1 aliphatic heterocycles. The van der Waals surface area contributed by atoms with E-state index < -0.39 is 0 Å². The minimum atomic E-state index is -0.226. The van der Waals surface area contributed by atoms with E-state index in [9.17, 15) is 9.59 Å². The Morgan fingerprint density at radius 3 is 2.50 bits per heavy atom. The van der Waals surface area contributed by atoms with Gasteiger partial charge in [-0.1, -0.05) is 32.0 Å². The van der Waals surface area contributed by atoms with Crippen LogP contribution < -0.4 is 15.0 Å².